The molecule has 7 heteroatoms. The molecule has 0 spiro atoms. The van der Waals surface area contributed by atoms with Crippen LogP contribution >= 0.6 is 0 Å². The normalized spacial score (nSPS) is 20.8. The van der Waals surface area contributed by atoms with Gasteiger partial charge in [-0.05, 0) is 68.6 Å². The Morgan fingerprint density at radius 3 is 2.56 bits per heavy atom. The number of anilines is 2. The van der Waals surface area contributed by atoms with E-state index < -0.39 is 0 Å². The second kappa shape index (κ2) is 9.47. The lowest BCUT2D eigenvalue weighted by Crippen LogP contribution is -2.49. The van der Waals surface area contributed by atoms with Gasteiger partial charge in [0.25, 0.3) is 5.91 Å². The largest absolute Gasteiger partial charge is 0.371 e. The number of piperazine rings is 1. The van der Waals surface area contributed by atoms with Gasteiger partial charge in [-0.3, -0.25) is 9.59 Å². The third-order valence-corrected chi connectivity index (χ3v) is 7.14. The van der Waals surface area contributed by atoms with Gasteiger partial charge in [0.2, 0.25) is 5.91 Å². The van der Waals surface area contributed by atoms with E-state index in [1.807, 2.05) is 41.3 Å². The topological polar surface area (TPSA) is 79.7 Å². The molecule has 1 saturated carbocycles. The number of nitrogens with one attached hydrogen (secondary N) is 1. The fraction of sp³-hybridized carbons (Fsp3) is 0.444. The van der Waals surface area contributed by atoms with E-state index in [0.29, 0.717) is 17.7 Å². The number of rotatable bonds is 5. The molecule has 2 saturated heterocycles. The van der Waals surface area contributed by atoms with Crippen molar-refractivity contribution in [1.82, 2.24) is 9.80 Å². The average Bonchev–Trinajstić information content (AvgIpc) is 3.58. The van der Waals surface area contributed by atoms with Gasteiger partial charge >= 0.3 is 0 Å². The van der Waals surface area contributed by atoms with Crippen LogP contribution in [0.1, 0.15) is 53.2 Å². The second-order valence-corrected chi connectivity index (χ2v) is 9.70. The molecule has 2 heterocycles. The average molecular weight is 458 g/mol. The highest BCUT2D eigenvalue weighted by Crippen LogP contribution is 2.34. The van der Waals surface area contributed by atoms with Gasteiger partial charge in [0.15, 0.2) is 0 Å². The molecule has 5 rings (SSSR count). The van der Waals surface area contributed by atoms with Crippen molar-refractivity contribution in [3.63, 3.8) is 0 Å². The summed E-state index contributed by atoms with van der Waals surface area (Å²) in [5, 5.41) is 12.4. The highest BCUT2D eigenvalue weighted by molar-refractivity contribution is 6.02. The molecular formula is C27H31N5O2. The monoisotopic (exact) mass is 457 g/mol. The van der Waals surface area contributed by atoms with Crippen molar-refractivity contribution in [2.24, 2.45) is 5.92 Å². The standard InChI is InChI=1S/C27H31N5O2/c1-30-13-14-32(25(18-30)21-6-4-5-19(15-21)17-28)27(34)23-10-9-22(29-26(33)20-7-8-20)16-24(23)31-11-2-3-12-31/h4-6,9-10,15-16,20,25H,2-3,7-8,11-14,18H2,1H3,(H,29,33). The fourth-order valence-electron chi connectivity index (χ4n) is 5.02. The lowest BCUT2D eigenvalue weighted by molar-refractivity contribution is -0.117. The molecule has 2 aliphatic heterocycles. The molecule has 1 atom stereocenters. The van der Waals surface area contributed by atoms with Crippen LogP contribution in [0.2, 0.25) is 0 Å². The first kappa shape index (κ1) is 22.4. The van der Waals surface area contributed by atoms with Crippen LogP contribution in [0.5, 0.6) is 0 Å². The molecule has 0 aromatic heterocycles. The summed E-state index contributed by atoms with van der Waals surface area (Å²) in [6, 6.07) is 15.4. The Balaban J connectivity index is 1.47. The van der Waals surface area contributed by atoms with Crippen LogP contribution in [0.15, 0.2) is 42.5 Å². The summed E-state index contributed by atoms with van der Waals surface area (Å²) in [6.45, 7) is 3.97. The molecule has 0 bridgehead atoms. The molecule has 1 aliphatic carbocycles. The van der Waals surface area contributed by atoms with Crippen molar-refractivity contribution in [2.45, 2.75) is 31.7 Å². The Kier molecular flexibility index (Phi) is 6.25. The summed E-state index contributed by atoms with van der Waals surface area (Å²) in [5.41, 5.74) is 3.92. The number of carbonyl (C=O) groups is 2. The van der Waals surface area contributed by atoms with Crippen molar-refractivity contribution in [3.8, 4) is 6.07 Å². The van der Waals surface area contributed by atoms with Crippen molar-refractivity contribution in [1.29, 1.82) is 5.26 Å². The second-order valence-electron chi connectivity index (χ2n) is 9.70. The van der Waals surface area contributed by atoms with Gasteiger partial charge in [-0.1, -0.05) is 12.1 Å². The number of amides is 2. The van der Waals surface area contributed by atoms with E-state index >= 15 is 0 Å². The highest BCUT2D eigenvalue weighted by atomic mass is 16.2. The maximum absolute atomic E-state index is 14.0. The molecule has 176 valence electrons. The fourth-order valence-corrected chi connectivity index (χ4v) is 5.02. The van der Waals surface area contributed by atoms with E-state index in [0.717, 1.165) is 68.8 Å². The predicted octanol–water partition coefficient (Wildman–Crippen LogP) is 3.64. The zero-order valence-electron chi connectivity index (χ0n) is 19.7. The number of hydrogen-bond acceptors (Lipinski definition) is 5. The van der Waals surface area contributed by atoms with Crippen molar-refractivity contribution in [2.75, 3.05) is 50.0 Å². The van der Waals surface area contributed by atoms with Gasteiger partial charge in [-0.25, -0.2) is 0 Å². The maximum atomic E-state index is 14.0. The van der Waals surface area contributed by atoms with Crippen LogP contribution in [0, 0.1) is 17.2 Å². The lowest BCUT2D eigenvalue weighted by Gasteiger charge is -2.41. The minimum Gasteiger partial charge on any atom is -0.371 e. The molecule has 7 nitrogen and oxygen atoms in total. The quantitative estimate of drug-likeness (QED) is 0.742. The Bertz CT molecular complexity index is 1130. The van der Waals surface area contributed by atoms with Gasteiger partial charge in [0.05, 0.1) is 28.9 Å². The van der Waals surface area contributed by atoms with Crippen LogP contribution < -0.4 is 10.2 Å². The van der Waals surface area contributed by atoms with E-state index in [2.05, 4.69) is 28.2 Å². The summed E-state index contributed by atoms with van der Waals surface area (Å²) in [7, 11) is 2.07. The van der Waals surface area contributed by atoms with Gasteiger partial charge in [0, 0.05) is 44.3 Å². The van der Waals surface area contributed by atoms with E-state index in [1.165, 1.54) is 0 Å². The molecule has 1 N–H and O–H groups in total. The molecular weight excluding hydrogens is 426 g/mol. The number of nitriles is 1. The Morgan fingerprint density at radius 1 is 1.03 bits per heavy atom. The van der Waals surface area contributed by atoms with Crippen LogP contribution in [0.3, 0.4) is 0 Å². The van der Waals surface area contributed by atoms with E-state index in [1.54, 1.807) is 6.07 Å². The first-order valence-electron chi connectivity index (χ1n) is 12.2. The zero-order chi connectivity index (χ0) is 23.7. The summed E-state index contributed by atoms with van der Waals surface area (Å²) in [4.78, 5) is 32.8. The van der Waals surface area contributed by atoms with Crippen molar-refractivity contribution >= 4 is 23.2 Å². The van der Waals surface area contributed by atoms with Crippen molar-refractivity contribution in [3.05, 3.63) is 59.2 Å². The van der Waals surface area contributed by atoms with Gasteiger partial charge in [-0.2, -0.15) is 5.26 Å². The molecule has 2 aromatic rings. The van der Waals surface area contributed by atoms with Crippen LogP contribution in [0.4, 0.5) is 11.4 Å². The minimum absolute atomic E-state index is 0.00225. The van der Waals surface area contributed by atoms with Crippen LogP contribution in [-0.2, 0) is 4.79 Å². The molecule has 1 unspecified atom stereocenters. The molecule has 0 radical (unpaired) electrons. The minimum atomic E-state index is -0.125. The van der Waals surface area contributed by atoms with E-state index in [-0.39, 0.29) is 23.8 Å². The molecule has 2 aromatic carbocycles. The first-order valence-corrected chi connectivity index (χ1v) is 12.2. The van der Waals surface area contributed by atoms with Crippen molar-refractivity contribution < 1.29 is 9.59 Å². The number of likely N-dealkylation sites (N-methyl/N-ethyl adjacent to an activating group) is 1. The molecule has 3 fully saturated rings. The first-order chi connectivity index (χ1) is 16.5. The number of carbonyl (C=O) groups excluding carboxylic acids is 2. The summed E-state index contributed by atoms with van der Waals surface area (Å²) in [6.07, 6.45) is 4.12. The highest BCUT2D eigenvalue weighted by Gasteiger charge is 2.34. The van der Waals surface area contributed by atoms with Gasteiger partial charge < -0.3 is 20.0 Å². The van der Waals surface area contributed by atoms with E-state index in [9.17, 15) is 14.9 Å². The number of benzene rings is 2. The number of nitrogens with zero attached hydrogens (tertiary/aromatic N) is 4. The predicted molar refractivity (Wildman–Crippen MR) is 132 cm³/mol. The maximum Gasteiger partial charge on any atom is 0.256 e. The van der Waals surface area contributed by atoms with Gasteiger partial charge in [-0.15, -0.1) is 0 Å². The summed E-state index contributed by atoms with van der Waals surface area (Å²) < 4.78 is 0. The Morgan fingerprint density at radius 2 is 1.82 bits per heavy atom. The van der Waals surface area contributed by atoms with Crippen LogP contribution in [-0.4, -0.2) is 61.4 Å². The Labute approximate surface area is 200 Å². The summed E-state index contributed by atoms with van der Waals surface area (Å²) >= 11 is 0. The summed E-state index contributed by atoms with van der Waals surface area (Å²) in [5.74, 6) is 0.206. The zero-order valence-corrected chi connectivity index (χ0v) is 19.7. The Hall–Kier alpha value is -3.37. The molecule has 2 amide bonds. The van der Waals surface area contributed by atoms with E-state index in [4.69, 9.17) is 0 Å². The third kappa shape index (κ3) is 4.64. The lowest BCUT2D eigenvalue weighted by atomic mass is 9.99. The molecule has 3 aliphatic rings. The molecule has 34 heavy (non-hydrogen) atoms. The SMILES string of the molecule is CN1CCN(C(=O)c2ccc(NC(=O)C3CC3)cc2N2CCCC2)C(c2cccc(C#N)c2)C1. The number of hydrogen-bond donors (Lipinski definition) is 1. The third-order valence-electron chi connectivity index (χ3n) is 7.14. The van der Waals surface area contributed by atoms with Crippen LogP contribution in [0.25, 0.3) is 0 Å². The smallest absolute Gasteiger partial charge is 0.256 e. The van der Waals surface area contributed by atoms with Gasteiger partial charge in [0.1, 0.15) is 0 Å².